The Morgan fingerprint density at radius 2 is 1.91 bits per heavy atom. The van der Waals surface area contributed by atoms with Gasteiger partial charge < -0.3 is 15.3 Å². The Bertz CT molecular complexity index is 642. The Labute approximate surface area is 134 Å². The molecule has 0 saturated carbocycles. The van der Waals surface area contributed by atoms with Crippen LogP contribution in [0.15, 0.2) is 30.3 Å². The molecule has 1 heterocycles. The van der Waals surface area contributed by atoms with Gasteiger partial charge >= 0.3 is 5.97 Å². The van der Waals surface area contributed by atoms with Crippen LogP contribution in [0.3, 0.4) is 0 Å². The molecule has 0 spiro atoms. The highest BCUT2D eigenvalue weighted by atomic mass is 16.4. The number of carboxylic acid groups (broad SMARTS) is 1. The largest absolute Gasteiger partial charge is 0.481 e. The molecule has 0 radical (unpaired) electrons. The summed E-state index contributed by atoms with van der Waals surface area (Å²) in [6, 6.07) is 9.66. The SMILES string of the molecule is Cn1nnc(-c2ccccc2)c1CCC(O)CC(O)CC(=O)O. The van der Waals surface area contributed by atoms with E-state index >= 15 is 0 Å². The Morgan fingerprint density at radius 3 is 2.57 bits per heavy atom. The third-order valence-corrected chi connectivity index (χ3v) is 3.66. The van der Waals surface area contributed by atoms with E-state index in [1.54, 1.807) is 11.7 Å². The van der Waals surface area contributed by atoms with Crippen molar-refractivity contribution in [2.24, 2.45) is 7.05 Å². The van der Waals surface area contributed by atoms with Crippen LogP contribution in [0.1, 0.15) is 25.0 Å². The van der Waals surface area contributed by atoms with Crippen molar-refractivity contribution in [1.82, 2.24) is 15.0 Å². The molecule has 2 aromatic rings. The van der Waals surface area contributed by atoms with Gasteiger partial charge in [-0.15, -0.1) is 5.10 Å². The summed E-state index contributed by atoms with van der Waals surface area (Å²) in [5.74, 6) is -1.08. The van der Waals surface area contributed by atoms with Crippen LogP contribution in [-0.2, 0) is 18.3 Å². The van der Waals surface area contributed by atoms with E-state index in [1.807, 2.05) is 30.3 Å². The quantitative estimate of drug-likeness (QED) is 0.670. The molecule has 0 aliphatic carbocycles. The number of carbonyl (C=O) groups is 1. The fourth-order valence-electron chi connectivity index (χ4n) is 2.50. The van der Waals surface area contributed by atoms with Crippen LogP contribution in [0.4, 0.5) is 0 Å². The highest BCUT2D eigenvalue weighted by Crippen LogP contribution is 2.22. The Balaban J connectivity index is 1.98. The molecule has 0 bridgehead atoms. The molecular formula is C16H21N3O4. The monoisotopic (exact) mass is 319 g/mol. The molecule has 7 heteroatoms. The van der Waals surface area contributed by atoms with E-state index in [4.69, 9.17) is 5.11 Å². The normalized spacial score (nSPS) is 13.7. The molecule has 23 heavy (non-hydrogen) atoms. The van der Waals surface area contributed by atoms with Gasteiger partial charge in [-0.1, -0.05) is 35.5 Å². The summed E-state index contributed by atoms with van der Waals surface area (Å²) in [6.45, 7) is 0. The molecule has 1 aromatic carbocycles. The molecule has 7 nitrogen and oxygen atoms in total. The van der Waals surface area contributed by atoms with Gasteiger partial charge in [-0.05, 0) is 19.3 Å². The number of aliphatic hydroxyl groups excluding tert-OH is 2. The topological polar surface area (TPSA) is 108 Å². The first-order chi connectivity index (χ1) is 11.0. The predicted octanol–water partition coefficient (Wildman–Crippen LogP) is 1.00. The highest BCUT2D eigenvalue weighted by molar-refractivity contribution is 5.67. The third-order valence-electron chi connectivity index (χ3n) is 3.66. The molecule has 0 aliphatic rings. The molecule has 124 valence electrons. The van der Waals surface area contributed by atoms with E-state index in [1.165, 1.54) is 0 Å². The predicted molar refractivity (Wildman–Crippen MR) is 83.6 cm³/mol. The summed E-state index contributed by atoms with van der Waals surface area (Å²) in [4.78, 5) is 10.5. The Hall–Kier alpha value is -2.25. The lowest BCUT2D eigenvalue weighted by Crippen LogP contribution is -2.21. The lowest BCUT2D eigenvalue weighted by Gasteiger charge is -2.14. The molecule has 0 aliphatic heterocycles. The minimum Gasteiger partial charge on any atom is -0.481 e. The van der Waals surface area contributed by atoms with Crippen molar-refractivity contribution < 1.29 is 20.1 Å². The molecule has 0 amide bonds. The molecule has 2 unspecified atom stereocenters. The number of aliphatic hydroxyl groups is 2. The summed E-state index contributed by atoms with van der Waals surface area (Å²) in [6.07, 6.45) is -1.20. The highest BCUT2D eigenvalue weighted by Gasteiger charge is 2.18. The summed E-state index contributed by atoms with van der Waals surface area (Å²) in [5.41, 5.74) is 2.62. The van der Waals surface area contributed by atoms with Crippen LogP contribution >= 0.6 is 0 Å². The summed E-state index contributed by atoms with van der Waals surface area (Å²) >= 11 is 0. The maximum Gasteiger partial charge on any atom is 0.305 e. The second kappa shape index (κ2) is 7.85. The van der Waals surface area contributed by atoms with Crippen molar-refractivity contribution >= 4 is 5.97 Å². The number of hydrogen-bond donors (Lipinski definition) is 3. The lowest BCUT2D eigenvalue weighted by atomic mass is 10.0. The van der Waals surface area contributed by atoms with E-state index in [0.717, 1.165) is 17.0 Å². The fourth-order valence-corrected chi connectivity index (χ4v) is 2.50. The fraction of sp³-hybridized carbons (Fsp3) is 0.438. The van der Waals surface area contributed by atoms with Gasteiger partial charge in [0.15, 0.2) is 0 Å². The van der Waals surface area contributed by atoms with Crippen LogP contribution in [-0.4, -0.2) is 48.5 Å². The maximum atomic E-state index is 10.5. The molecule has 2 atom stereocenters. The summed E-state index contributed by atoms with van der Waals surface area (Å²) < 4.78 is 1.67. The molecule has 0 fully saturated rings. The van der Waals surface area contributed by atoms with Crippen molar-refractivity contribution in [3.05, 3.63) is 36.0 Å². The van der Waals surface area contributed by atoms with E-state index in [0.29, 0.717) is 12.8 Å². The zero-order chi connectivity index (χ0) is 16.8. The number of hydrogen-bond acceptors (Lipinski definition) is 5. The number of aliphatic carboxylic acids is 1. The van der Waals surface area contributed by atoms with Crippen molar-refractivity contribution in [2.75, 3.05) is 0 Å². The number of carboxylic acids is 1. The lowest BCUT2D eigenvalue weighted by molar-refractivity contribution is -0.139. The van der Waals surface area contributed by atoms with Gasteiger partial charge in [-0.3, -0.25) is 9.48 Å². The second-order valence-electron chi connectivity index (χ2n) is 5.55. The van der Waals surface area contributed by atoms with Gasteiger partial charge in [0.1, 0.15) is 5.69 Å². The first-order valence-electron chi connectivity index (χ1n) is 7.49. The van der Waals surface area contributed by atoms with Gasteiger partial charge in [-0.2, -0.15) is 0 Å². The van der Waals surface area contributed by atoms with Gasteiger partial charge in [-0.25, -0.2) is 0 Å². The number of aromatic nitrogens is 3. The molecule has 1 aromatic heterocycles. The Kier molecular flexibility index (Phi) is 5.84. The van der Waals surface area contributed by atoms with Crippen molar-refractivity contribution in [3.63, 3.8) is 0 Å². The number of rotatable bonds is 8. The van der Waals surface area contributed by atoms with Crippen molar-refractivity contribution in [1.29, 1.82) is 0 Å². The van der Waals surface area contributed by atoms with Gasteiger partial charge in [0.2, 0.25) is 0 Å². The summed E-state index contributed by atoms with van der Waals surface area (Å²) in [7, 11) is 1.79. The molecule has 0 saturated heterocycles. The minimum absolute atomic E-state index is 0.0399. The van der Waals surface area contributed by atoms with Crippen LogP contribution in [0.5, 0.6) is 0 Å². The van der Waals surface area contributed by atoms with Crippen molar-refractivity contribution in [3.8, 4) is 11.3 Å². The molecule has 3 N–H and O–H groups in total. The van der Waals surface area contributed by atoms with E-state index < -0.39 is 18.2 Å². The number of aryl methyl sites for hydroxylation is 1. The van der Waals surface area contributed by atoms with E-state index in [9.17, 15) is 15.0 Å². The maximum absolute atomic E-state index is 10.5. The van der Waals surface area contributed by atoms with Crippen LogP contribution in [0.2, 0.25) is 0 Å². The first-order valence-corrected chi connectivity index (χ1v) is 7.49. The van der Waals surface area contributed by atoms with Crippen LogP contribution in [0, 0.1) is 0 Å². The van der Waals surface area contributed by atoms with Gasteiger partial charge in [0.05, 0.1) is 24.3 Å². The average molecular weight is 319 g/mol. The van der Waals surface area contributed by atoms with E-state index in [2.05, 4.69) is 10.3 Å². The van der Waals surface area contributed by atoms with Gasteiger partial charge in [0.25, 0.3) is 0 Å². The minimum atomic E-state index is -1.08. The smallest absolute Gasteiger partial charge is 0.305 e. The first kappa shape index (κ1) is 17.1. The molecule has 2 rings (SSSR count). The van der Waals surface area contributed by atoms with Crippen LogP contribution < -0.4 is 0 Å². The van der Waals surface area contributed by atoms with Crippen LogP contribution in [0.25, 0.3) is 11.3 Å². The average Bonchev–Trinajstić information content (AvgIpc) is 2.86. The zero-order valence-corrected chi connectivity index (χ0v) is 13.0. The van der Waals surface area contributed by atoms with E-state index in [-0.39, 0.29) is 12.8 Å². The standard InChI is InChI=1S/C16H21N3O4/c1-19-14(8-7-12(20)9-13(21)10-15(22)23)16(17-18-19)11-5-3-2-4-6-11/h2-6,12-13,20-21H,7-10H2,1H3,(H,22,23). The molecular weight excluding hydrogens is 298 g/mol. The third kappa shape index (κ3) is 4.87. The number of nitrogens with zero attached hydrogens (tertiary/aromatic N) is 3. The zero-order valence-electron chi connectivity index (χ0n) is 13.0. The van der Waals surface area contributed by atoms with Crippen molar-refractivity contribution in [2.45, 2.75) is 37.9 Å². The number of benzene rings is 1. The summed E-state index contributed by atoms with van der Waals surface area (Å²) in [5, 5.41) is 36.4. The van der Waals surface area contributed by atoms with Gasteiger partial charge in [0, 0.05) is 12.6 Å². The second-order valence-corrected chi connectivity index (χ2v) is 5.55. The Morgan fingerprint density at radius 1 is 1.22 bits per heavy atom.